The first-order valence-electron chi connectivity index (χ1n) is 11.7. The van der Waals surface area contributed by atoms with E-state index in [0.29, 0.717) is 6.54 Å². The lowest BCUT2D eigenvalue weighted by Crippen LogP contribution is -2.33. The Morgan fingerprint density at radius 1 is 0.730 bits per heavy atom. The smallest absolute Gasteiger partial charge is 0.264 e. The number of aromatic nitrogens is 3. The zero-order chi connectivity index (χ0) is 29.1. The van der Waals surface area contributed by atoms with Gasteiger partial charge in [-0.3, -0.25) is 9.11 Å². The lowest BCUT2D eigenvalue weighted by molar-refractivity contribution is 0.284. The Hall–Kier alpha value is -1.90. The maximum atomic E-state index is 11.1. The number of hydrogen-bond acceptors (Lipinski definition) is 13. The molecule has 1 aromatic heterocycles. The third kappa shape index (κ3) is 24.2. The van der Waals surface area contributed by atoms with Gasteiger partial charge in [0.15, 0.2) is 0 Å². The van der Waals surface area contributed by atoms with Gasteiger partial charge >= 0.3 is 0 Å². The monoisotopic (exact) mass is 594 g/mol. The van der Waals surface area contributed by atoms with Crippen molar-refractivity contribution < 1.29 is 34.4 Å². The molecule has 16 nitrogen and oxygen atoms in total. The van der Waals surface area contributed by atoms with E-state index in [2.05, 4.69) is 30.3 Å². The number of nitrogens with zero attached hydrogens (tertiary/aromatic N) is 4. The van der Waals surface area contributed by atoms with E-state index in [-0.39, 0.29) is 63.4 Å². The van der Waals surface area contributed by atoms with Gasteiger partial charge in [-0.2, -0.15) is 31.8 Å². The standard InChI is InChI=1S/C14H30N8O8S3.2C2H6/c1-31(23,24)18-5-4-16-13-19-12(15)20-14(21-13)17-6-9-22(7-2-10-32(25,26)27)8-3-11-33(28,29)30;2*1-2/h18H,2-11H2,1H3,(H,25,26,27)(H,28,29,30)(H4,15,16,17,19,20,21);2*1-2H3. The molecular weight excluding hydrogens is 552 g/mol. The van der Waals surface area contributed by atoms with Gasteiger partial charge in [-0.25, -0.2) is 13.1 Å². The van der Waals surface area contributed by atoms with E-state index >= 15 is 0 Å². The first-order valence-corrected chi connectivity index (χ1v) is 16.8. The molecule has 0 aliphatic rings. The van der Waals surface area contributed by atoms with E-state index in [9.17, 15) is 25.3 Å². The third-order valence-electron chi connectivity index (χ3n) is 3.89. The lowest BCUT2D eigenvalue weighted by atomic mass is 10.3. The molecule has 0 fully saturated rings. The Kier molecular flexibility index (Phi) is 19.3. The van der Waals surface area contributed by atoms with Gasteiger partial charge in [0.2, 0.25) is 27.9 Å². The average molecular weight is 595 g/mol. The van der Waals surface area contributed by atoms with Crippen LogP contribution in [0.2, 0.25) is 0 Å². The first kappa shape index (κ1) is 37.3. The number of sulfonamides is 1. The molecule has 0 atom stereocenters. The molecule has 1 rings (SSSR count). The molecule has 1 aromatic rings. The summed E-state index contributed by atoms with van der Waals surface area (Å²) in [5.41, 5.74) is 5.65. The van der Waals surface area contributed by atoms with E-state index < -0.39 is 41.8 Å². The Bertz CT molecular complexity index is 1030. The van der Waals surface area contributed by atoms with Crippen LogP contribution in [0.25, 0.3) is 0 Å². The van der Waals surface area contributed by atoms with Crippen molar-refractivity contribution in [3.8, 4) is 0 Å². The van der Waals surface area contributed by atoms with Gasteiger partial charge in [0, 0.05) is 26.2 Å². The molecule has 37 heavy (non-hydrogen) atoms. The Morgan fingerprint density at radius 3 is 1.57 bits per heavy atom. The lowest BCUT2D eigenvalue weighted by Gasteiger charge is -2.22. The SMILES string of the molecule is CC.CC.CS(=O)(=O)NCCNc1nc(N)nc(NCCN(CCCS(=O)(=O)O)CCCS(=O)(=O)O)n1. The summed E-state index contributed by atoms with van der Waals surface area (Å²) in [4.78, 5) is 13.7. The molecule has 0 radical (unpaired) electrons. The number of nitrogens with one attached hydrogen (secondary N) is 3. The summed E-state index contributed by atoms with van der Waals surface area (Å²) >= 11 is 0. The van der Waals surface area contributed by atoms with Gasteiger partial charge in [-0.05, 0) is 25.9 Å². The molecular formula is C18H42N8O8S3. The highest BCUT2D eigenvalue weighted by Gasteiger charge is 2.12. The van der Waals surface area contributed by atoms with Crippen LogP contribution in [-0.2, 0) is 30.3 Å². The van der Waals surface area contributed by atoms with Crippen molar-refractivity contribution in [2.24, 2.45) is 0 Å². The highest BCUT2D eigenvalue weighted by molar-refractivity contribution is 7.88. The van der Waals surface area contributed by atoms with Gasteiger partial charge in [-0.1, -0.05) is 27.7 Å². The third-order valence-corrected chi connectivity index (χ3v) is 6.23. The summed E-state index contributed by atoms with van der Waals surface area (Å²) in [6.45, 7) is 9.43. The van der Waals surface area contributed by atoms with Crippen LogP contribution in [0.3, 0.4) is 0 Å². The normalized spacial score (nSPS) is 11.7. The van der Waals surface area contributed by atoms with Gasteiger partial charge in [0.1, 0.15) is 0 Å². The Morgan fingerprint density at radius 2 is 1.16 bits per heavy atom. The van der Waals surface area contributed by atoms with E-state index in [4.69, 9.17) is 14.8 Å². The topological polar surface area (TPSA) is 247 Å². The minimum absolute atomic E-state index is 0.0794. The number of rotatable bonds is 17. The highest BCUT2D eigenvalue weighted by Crippen LogP contribution is 2.06. The summed E-state index contributed by atoms with van der Waals surface area (Å²) < 4.78 is 85.7. The molecule has 7 N–H and O–H groups in total. The molecule has 0 saturated carbocycles. The average Bonchev–Trinajstić information content (AvgIpc) is 2.76. The van der Waals surface area contributed by atoms with Crippen LogP contribution in [0.4, 0.5) is 17.8 Å². The van der Waals surface area contributed by atoms with Crippen LogP contribution >= 0.6 is 0 Å². The summed E-state index contributed by atoms with van der Waals surface area (Å²) in [5, 5.41) is 5.71. The summed E-state index contributed by atoms with van der Waals surface area (Å²) in [5.74, 6) is -0.704. The van der Waals surface area contributed by atoms with Crippen LogP contribution < -0.4 is 21.1 Å². The quantitative estimate of drug-likeness (QED) is 0.100. The summed E-state index contributed by atoms with van der Waals surface area (Å²) in [6.07, 6.45) is 1.28. The zero-order valence-electron chi connectivity index (χ0n) is 22.0. The second-order valence-electron chi connectivity index (χ2n) is 6.98. The largest absolute Gasteiger partial charge is 0.368 e. The zero-order valence-corrected chi connectivity index (χ0v) is 24.5. The molecule has 0 unspecified atom stereocenters. The van der Waals surface area contributed by atoms with Crippen LogP contribution in [0.5, 0.6) is 0 Å². The number of nitrogen functional groups attached to an aromatic ring is 1. The highest BCUT2D eigenvalue weighted by atomic mass is 32.2. The van der Waals surface area contributed by atoms with Gasteiger partial charge < -0.3 is 21.3 Å². The van der Waals surface area contributed by atoms with Crippen LogP contribution in [0.1, 0.15) is 40.5 Å². The maximum Gasteiger partial charge on any atom is 0.264 e. The fourth-order valence-corrected chi connectivity index (χ4v) is 4.02. The predicted octanol–water partition coefficient (Wildman–Crippen LogP) is -0.263. The molecule has 0 aromatic carbocycles. The maximum absolute atomic E-state index is 11.1. The van der Waals surface area contributed by atoms with Gasteiger partial charge in [0.25, 0.3) is 20.2 Å². The van der Waals surface area contributed by atoms with E-state index in [1.54, 1.807) is 4.90 Å². The van der Waals surface area contributed by atoms with Crippen LogP contribution in [0, 0.1) is 0 Å². The molecule has 0 amide bonds. The van der Waals surface area contributed by atoms with E-state index in [1.807, 2.05) is 27.7 Å². The van der Waals surface area contributed by atoms with Crippen molar-refractivity contribution in [3.05, 3.63) is 0 Å². The van der Waals surface area contributed by atoms with Gasteiger partial charge in [-0.15, -0.1) is 0 Å². The fraction of sp³-hybridized carbons (Fsp3) is 0.833. The molecule has 1 heterocycles. The Balaban J connectivity index is 0. The molecule has 0 aliphatic heterocycles. The second kappa shape index (κ2) is 19.2. The molecule has 220 valence electrons. The number of anilines is 3. The van der Waals surface area contributed by atoms with Crippen molar-refractivity contribution in [1.82, 2.24) is 24.6 Å². The second-order valence-corrected chi connectivity index (χ2v) is 12.0. The minimum atomic E-state index is -4.12. The molecule has 0 aliphatic carbocycles. The van der Waals surface area contributed by atoms with Crippen LogP contribution in [0.15, 0.2) is 0 Å². The van der Waals surface area contributed by atoms with E-state index in [1.165, 1.54) is 0 Å². The van der Waals surface area contributed by atoms with Crippen molar-refractivity contribution in [1.29, 1.82) is 0 Å². The van der Waals surface area contributed by atoms with Crippen molar-refractivity contribution in [3.63, 3.8) is 0 Å². The number of nitrogens with two attached hydrogens (primary N) is 1. The van der Waals surface area contributed by atoms with Crippen molar-refractivity contribution in [2.75, 3.05) is 73.4 Å². The van der Waals surface area contributed by atoms with Crippen molar-refractivity contribution >= 4 is 48.1 Å². The van der Waals surface area contributed by atoms with Crippen LogP contribution in [-0.4, -0.2) is 111 Å². The fourth-order valence-electron chi connectivity index (χ4n) is 2.56. The predicted molar refractivity (Wildman–Crippen MR) is 145 cm³/mol. The molecule has 0 bridgehead atoms. The Labute approximate surface area is 220 Å². The molecule has 0 saturated heterocycles. The number of hydrogen-bond donors (Lipinski definition) is 6. The summed E-state index contributed by atoms with van der Waals surface area (Å²) in [7, 11) is -11.6. The first-order chi connectivity index (χ1) is 17.1. The summed E-state index contributed by atoms with van der Waals surface area (Å²) in [6, 6.07) is 0. The molecule has 19 heteroatoms. The minimum Gasteiger partial charge on any atom is -0.368 e. The van der Waals surface area contributed by atoms with E-state index in [0.717, 1.165) is 6.26 Å². The molecule has 0 spiro atoms. The van der Waals surface area contributed by atoms with Gasteiger partial charge in [0.05, 0.1) is 17.8 Å². The van der Waals surface area contributed by atoms with Crippen molar-refractivity contribution in [2.45, 2.75) is 40.5 Å².